The third-order valence-corrected chi connectivity index (χ3v) is 6.81. The van der Waals surface area contributed by atoms with Crippen molar-refractivity contribution < 1.29 is 13.9 Å². The van der Waals surface area contributed by atoms with E-state index in [1.807, 2.05) is 25.1 Å². The van der Waals surface area contributed by atoms with Gasteiger partial charge in [0.2, 0.25) is 0 Å². The van der Waals surface area contributed by atoms with Crippen molar-refractivity contribution in [2.45, 2.75) is 39.7 Å². The molecule has 6 atom stereocenters. The average molecular weight is 394 g/mol. The molecule has 0 radical (unpaired) electrons. The smallest absolute Gasteiger partial charge is 0.309 e. The highest BCUT2D eigenvalue weighted by Crippen LogP contribution is 2.50. The third kappa shape index (κ3) is 3.85. The van der Waals surface area contributed by atoms with Crippen LogP contribution in [-0.4, -0.2) is 17.1 Å². The molecule has 0 spiro atoms. The van der Waals surface area contributed by atoms with Crippen LogP contribution in [0.15, 0.2) is 48.7 Å². The molecule has 0 amide bonds. The number of benzene rings is 1. The summed E-state index contributed by atoms with van der Waals surface area (Å²) in [6.07, 6.45) is 8.07. The van der Waals surface area contributed by atoms with Gasteiger partial charge in [0.1, 0.15) is 11.9 Å². The summed E-state index contributed by atoms with van der Waals surface area (Å²) >= 11 is 0. The van der Waals surface area contributed by atoms with Crippen molar-refractivity contribution >= 4 is 12.0 Å². The van der Waals surface area contributed by atoms with Crippen LogP contribution >= 0.6 is 0 Å². The fraction of sp³-hybridized carbons (Fsp3) is 0.440. The third-order valence-electron chi connectivity index (χ3n) is 6.81. The van der Waals surface area contributed by atoms with Gasteiger partial charge in [-0.15, -0.1) is 0 Å². The lowest BCUT2D eigenvalue weighted by Crippen LogP contribution is -2.40. The Labute approximate surface area is 172 Å². The van der Waals surface area contributed by atoms with Crippen molar-refractivity contribution in [2.75, 3.05) is 0 Å². The Morgan fingerprint density at radius 2 is 2.03 bits per heavy atom. The zero-order chi connectivity index (χ0) is 20.5. The Bertz CT molecular complexity index is 907. The van der Waals surface area contributed by atoms with Crippen LogP contribution in [0.3, 0.4) is 0 Å². The van der Waals surface area contributed by atoms with E-state index in [2.05, 4.69) is 31.0 Å². The van der Waals surface area contributed by atoms with Crippen LogP contribution in [0, 0.1) is 35.4 Å². The van der Waals surface area contributed by atoms with Gasteiger partial charge in [-0.05, 0) is 60.9 Å². The van der Waals surface area contributed by atoms with E-state index in [0.717, 1.165) is 29.7 Å². The predicted molar refractivity (Wildman–Crippen MR) is 112 cm³/mol. The van der Waals surface area contributed by atoms with Gasteiger partial charge < -0.3 is 4.74 Å². The monoisotopic (exact) mass is 393 g/mol. The summed E-state index contributed by atoms with van der Waals surface area (Å²) in [7, 11) is 0. The van der Waals surface area contributed by atoms with E-state index >= 15 is 0 Å². The molecule has 1 aromatic heterocycles. The van der Waals surface area contributed by atoms with Crippen molar-refractivity contribution in [2.24, 2.45) is 29.6 Å². The number of hydrogen-bond acceptors (Lipinski definition) is 3. The largest absolute Gasteiger partial charge is 0.462 e. The van der Waals surface area contributed by atoms with E-state index in [4.69, 9.17) is 4.74 Å². The maximum atomic E-state index is 13.5. The lowest BCUT2D eigenvalue weighted by atomic mass is 9.61. The van der Waals surface area contributed by atoms with Gasteiger partial charge in [-0.1, -0.05) is 44.5 Å². The van der Waals surface area contributed by atoms with Gasteiger partial charge in [-0.25, -0.2) is 4.39 Å². The summed E-state index contributed by atoms with van der Waals surface area (Å²) in [5.74, 6) is 1.32. The second kappa shape index (κ2) is 8.10. The first-order chi connectivity index (χ1) is 14.0. The molecule has 5 unspecified atom stereocenters. The van der Waals surface area contributed by atoms with Gasteiger partial charge in [0.25, 0.3) is 0 Å². The molecule has 2 aromatic rings. The number of fused-ring (bicyclic) bond motifs is 1. The van der Waals surface area contributed by atoms with Crippen LogP contribution in [-0.2, 0) is 9.53 Å². The minimum Gasteiger partial charge on any atom is -0.462 e. The summed E-state index contributed by atoms with van der Waals surface area (Å²) < 4.78 is 19.0. The Balaban J connectivity index is 1.57. The van der Waals surface area contributed by atoms with Crippen molar-refractivity contribution in [3.8, 4) is 11.1 Å². The Kier molecular flexibility index (Phi) is 5.53. The predicted octanol–water partition coefficient (Wildman–Crippen LogP) is 5.76. The van der Waals surface area contributed by atoms with Gasteiger partial charge in [0.15, 0.2) is 0 Å². The second-order valence-corrected chi connectivity index (χ2v) is 8.53. The highest BCUT2D eigenvalue weighted by molar-refractivity contribution is 5.75. The molecule has 152 valence electrons. The molecule has 4 rings (SSSR count). The molecular weight excluding hydrogens is 365 g/mol. The quantitative estimate of drug-likeness (QED) is 0.620. The minimum absolute atomic E-state index is 0.0146. The zero-order valence-electron chi connectivity index (χ0n) is 17.2. The first-order valence-electron chi connectivity index (χ1n) is 10.6. The van der Waals surface area contributed by atoms with Gasteiger partial charge in [0.05, 0.1) is 11.6 Å². The topological polar surface area (TPSA) is 39.2 Å². The molecule has 2 heterocycles. The number of allylic oxidation sites excluding steroid dienone is 1. The lowest BCUT2D eigenvalue weighted by Gasteiger charge is -2.41. The second-order valence-electron chi connectivity index (χ2n) is 8.53. The number of ether oxygens (including phenoxy) is 1. The van der Waals surface area contributed by atoms with E-state index in [1.54, 1.807) is 12.3 Å². The molecule has 3 nitrogen and oxygen atoms in total. The van der Waals surface area contributed by atoms with E-state index in [1.165, 1.54) is 12.1 Å². The van der Waals surface area contributed by atoms with Gasteiger partial charge >= 0.3 is 5.97 Å². The Hall–Kier alpha value is -2.49. The molecular formula is C25H28FNO2. The van der Waals surface area contributed by atoms with Crippen LogP contribution in [0.5, 0.6) is 0 Å². The fourth-order valence-corrected chi connectivity index (χ4v) is 5.41. The number of carbonyl (C=O) groups excluding carboxylic acids is 1. The van der Waals surface area contributed by atoms with E-state index in [0.29, 0.717) is 17.8 Å². The van der Waals surface area contributed by atoms with Crippen LogP contribution in [0.2, 0.25) is 0 Å². The number of esters is 1. The number of halogens is 1. The molecule has 1 aromatic carbocycles. The molecule has 29 heavy (non-hydrogen) atoms. The van der Waals surface area contributed by atoms with Gasteiger partial charge in [-0.2, -0.15) is 0 Å². The highest BCUT2D eigenvalue weighted by atomic mass is 19.1. The number of aromatic nitrogens is 1. The summed E-state index contributed by atoms with van der Waals surface area (Å²) in [5, 5.41) is 0. The van der Waals surface area contributed by atoms with Crippen LogP contribution in [0.25, 0.3) is 17.2 Å². The summed E-state index contributed by atoms with van der Waals surface area (Å²) in [5.41, 5.74) is 2.58. The summed E-state index contributed by atoms with van der Waals surface area (Å²) in [6, 6.07) is 10.5. The number of cyclic esters (lactones) is 1. The van der Waals surface area contributed by atoms with Crippen LogP contribution in [0.4, 0.5) is 4.39 Å². The number of rotatable bonds is 4. The van der Waals surface area contributed by atoms with Crippen molar-refractivity contribution in [1.29, 1.82) is 0 Å². The first-order valence-corrected chi connectivity index (χ1v) is 10.6. The molecule has 1 saturated carbocycles. The number of hydrogen-bond donors (Lipinski definition) is 0. The summed E-state index contributed by atoms with van der Waals surface area (Å²) in [4.78, 5) is 16.8. The maximum Gasteiger partial charge on any atom is 0.309 e. The van der Waals surface area contributed by atoms with Gasteiger partial charge in [0, 0.05) is 17.7 Å². The number of pyridine rings is 1. The van der Waals surface area contributed by atoms with Crippen LogP contribution < -0.4 is 0 Å². The standard InChI is InChI=1S/C25H28FNO2/c1-4-21-15(2)12-23-24(16(3)29-25(23)28)22(21)11-10-20-9-8-18(14-27-20)17-6-5-7-19(26)13-17/h5-11,13-16,21-24H,4,12H2,1-3H3/b11-10+/t15?,16-,21?,22?,23?,24?/m1/s1. The van der Waals surface area contributed by atoms with Crippen molar-refractivity contribution in [3.63, 3.8) is 0 Å². The SMILES string of the molecule is CCC1C(C)CC2C(=O)O[C@H](C)C2C1/C=C/c1ccc(-c2cccc(F)c2)cn1. The Morgan fingerprint density at radius 3 is 2.72 bits per heavy atom. The maximum absolute atomic E-state index is 13.5. The summed E-state index contributed by atoms with van der Waals surface area (Å²) in [6.45, 7) is 6.52. The van der Waals surface area contributed by atoms with E-state index in [-0.39, 0.29) is 29.7 Å². The molecule has 1 aliphatic heterocycles. The normalized spacial score (nSPS) is 31.7. The first kappa shape index (κ1) is 19.8. The molecule has 1 aliphatic carbocycles. The van der Waals surface area contributed by atoms with Crippen LogP contribution in [0.1, 0.15) is 39.3 Å². The molecule has 2 aliphatic rings. The molecule has 2 fully saturated rings. The van der Waals surface area contributed by atoms with Crippen molar-refractivity contribution in [1.82, 2.24) is 4.98 Å². The molecule has 4 heteroatoms. The molecule has 0 N–H and O–H groups in total. The molecule has 0 bridgehead atoms. The van der Waals surface area contributed by atoms with E-state index < -0.39 is 0 Å². The van der Waals surface area contributed by atoms with Crippen molar-refractivity contribution in [3.05, 3.63) is 60.2 Å². The average Bonchev–Trinajstić information content (AvgIpc) is 2.99. The highest BCUT2D eigenvalue weighted by Gasteiger charge is 2.52. The minimum atomic E-state index is -0.250. The number of carbonyl (C=O) groups is 1. The molecule has 1 saturated heterocycles. The fourth-order valence-electron chi connectivity index (χ4n) is 5.41. The Morgan fingerprint density at radius 1 is 1.21 bits per heavy atom. The lowest BCUT2D eigenvalue weighted by molar-refractivity contribution is -0.144. The van der Waals surface area contributed by atoms with Gasteiger partial charge in [-0.3, -0.25) is 9.78 Å². The van der Waals surface area contributed by atoms with E-state index in [9.17, 15) is 9.18 Å². The zero-order valence-corrected chi connectivity index (χ0v) is 17.2. The number of nitrogens with zero attached hydrogens (tertiary/aromatic N) is 1.